The fraction of sp³-hybridized carbons (Fsp3) is 0.533. The lowest BCUT2D eigenvalue weighted by Crippen LogP contribution is -2.43. The number of benzene rings is 1. The summed E-state index contributed by atoms with van der Waals surface area (Å²) in [6.07, 6.45) is 1.90. The van der Waals surface area contributed by atoms with Crippen molar-refractivity contribution in [1.82, 2.24) is 4.90 Å². The zero-order valence-electron chi connectivity index (χ0n) is 12.5. The van der Waals surface area contributed by atoms with Crippen LogP contribution in [0.2, 0.25) is 0 Å². The summed E-state index contributed by atoms with van der Waals surface area (Å²) in [6, 6.07) is 4.08. The third-order valence-corrected chi connectivity index (χ3v) is 4.21. The Morgan fingerprint density at radius 2 is 2.14 bits per heavy atom. The van der Waals surface area contributed by atoms with E-state index in [0.717, 1.165) is 41.7 Å². The highest BCUT2D eigenvalue weighted by Gasteiger charge is 2.19. The molecule has 0 aliphatic carbocycles. The number of amides is 1. The number of anilines is 1. The molecule has 1 aromatic rings. The van der Waals surface area contributed by atoms with Gasteiger partial charge in [0, 0.05) is 23.6 Å². The second-order valence-electron chi connectivity index (χ2n) is 5.46. The Morgan fingerprint density at radius 3 is 2.76 bits per heavy atom. The number of methoxy groups -OCH3 is 1. The minimum atomic E-state index is -0.0193. The second-order valence-corrected chi connectivity index (χ2v) is 6.38. The largest absolute Gasteiger partial charge is 0.495 e. The fourth-order valence-corrected chi connectivity index (χ4v) is 3.08. The Balaban J connectivity index is 1.99. The summed E-state index contributed by atoms with van der Waals surface area (Å²) in [5, 5.41) is 2.96. The van der Waals surface area contributed by atoms with Crippen molar-refractivity contribution >= 4 is 27.5 Å². The summed E-state index contributed by atoms with van der Waals surface area (Å²) in [6.45, 7) is 4.10. The first kappa shape index (κ1) is 16.3. The minimum absolute atomic E-state index is 0.0193. The van der Waals surface area contributed by atoms with Crippen molar-refractivity contribution in [2.75, 3.05) is 32.1 Å². The molecule has 116 valence electrons. The van der Waals surface area contributed by atoms with Crippen molar-refractivity contribution in [2.45, 2.75) is 25.8 Å². The molecule has 0 atom stereocenters. The molecule has 1 aromatic carbocycles. The van der Waals surface area contributed by atoms with E-state index in [4.69, 9.17) is 10.5 Å². The van der Waals surface area contributed by atoms with E-state index < -0.39 is 0 Å². The number of carbonyl (C=O) groups is 1. The van der Waals surface area contributed by atoms with Gasteiger partial charge in [0.25, 0.3) is 0 Å². The van der Waals surface area contributed by atoms with Gasteiger partial charge in [-0.15, -0.1) is 0 Å². The number of nitrogens with zero attached hydrogens (tertiary/aromatic N) is 1. The van der Waals surface area contributed by atoms with Gasteiger partial charge in [0.2, 0.25) is 5.91 Å². The van der Waals surface area contributed by atoms with Crippen molar-refractivity contribution in [3.63, 3.8) is 0 Å². The SMILES string of the molecule is COc1cc(Br)cc(C)c1NC(=O)CN1CCC(N)CC1. The first-order valence-electron chi connectivity index (χ1n) is 7.11. The molecule has 1 fully saturated rings. The molecule has 0 aromatic heterocycles. The quantitative estimate of drug-likeness (QED) is 0.867. The third-order valence-electron chi connectivity index (χ3n) is 3.75. The normalized spacial score (nSPS) is 16.8. The van der Waals surface area contributed by atoms with Crippen molar-refractivity contribution in [3.05, 3.63) is 22.2 Å². The molecule has 2 rings (SSSR count). The number of carbonyl (C=O) groups excluding carboxylic acids is 1. The molecule has 6 heteroatoms. The van der Waals surface area contributed by atoms with Crippen LogP contribution in [-0.2, 0) is 4.79 Å². The number of likely N-dealkylation sites (tertiary alicyclic amines) is 1. The van der Waals surface area contributed by atoms with Crippen molar-refractivity contribution < 1.29 is 9.53 Å². The predicted molar refractivity (Wildman–Crippen MR) is 87.7 cm³/mol. The van der Waals surface area contributed by atoms with Gasteiger partial charge in [-0.05, 0) is 37.5 Å². The van der Waals surface area contributed by atoms with Gasteiger partial charge in [0.15, 0.2) is 0 Å². The van der Waals surface area contributed by atoms with Gasteiger partial charge in [-0.1, -0.05) is 15.9 Å². The number of piperidine rings is 1. The average Bonchev–Trinajstić information content (AvgIpc) is 2.44. The van der Waals surface area contributed by atoms with Crippen LogP contribution in [0.25, 0.3) is 0 Å². The molecule has 0 radical (unpaired) electrons. The topological polar surface area (TPSA) is 67.6 Å². The molecule has 0 unspecified atom stereocenters. The van der Waals surface area contributed by atoms with E-state index >= 15 is 0 Å². The van der Waals surface area contributed by atoms with E-state index in [0.29, 0.717) is 12.3 Å². The zero-order valence-corrected chi connectivity index (χ0v) is 14.1. The lowest BCUT2D eigenvalue weighted by atomic mass is 10.1. The smallest absolute Gasteiger partial charge is 0.238 e. The van der Waals surface area contributed by atoms with Gasteiger partial charge in [0.05, 0.1) is 19.3 Å². The molecule has 3 N–H and O–H groups in total. The van der Waals surface area contributed by atoms with Crippen molar-refractivity contribution in [3.8, 4) is 5.75 Å². The second kappa shape index (κ2) is 7.24. The van der Waals surface area contributed by atoms with Gasteiger partial charge in [0.1, 0.15) is 5.75 Å². The van der Waals surface area contributed by atoms with Crippen molar-refractivity contribution in [2.24, 2.45) is 5.73 Å². The Labute approximate surface area is 134 Å². The summed E-state index contributed by atoms with van der Waals surface area (Å²) in [5.41, 5.74) is 7.58. The van der Waals surface area contributed by atoms with Crippen LogP contribution in [0.1, 0.15) is 18.4 Å². The highest BCUT2D eigenvalue weighted by Crippen LogP contribution is 2.32. The van der Waals surface area contributed by atoms with Crippen LogP contribution in [0.3, 0.4) is 0 Å². The summed E-state index contributed by atoms with van der Waals surface area (Å²) in [7, 11) is 1.60. The number of halogens is 1. The summed E-state index contributed by atoms with van der Waals surface area (Å²) in [4.78, 5) is 14.4. The van der Waals surface area contributed by atoms with Crippen LogP contribution in [0, 0.1) is 6.92 Å². The number of hydrogen-bond acceptors (Lipinski definition) is 4. The van der Waals surface area contributed by atoms with Crippen LogP contribution < -0.4 is 15.8 Å². The highest BCUT2D eigenvalue weighted by atomic mass is 79.9. The molecule has 1 aliphatic heterocycles. The Bertz CT molecular complexity index is 514. The first-order valence-corrected chi connectivity index (χ1v) is 7.91. The Hall–Kier alpha value is -1.11. The van der Waals surface area contributed by atoms with Gasteiger partial charge in [-0.3, -0.25) is 9.69 Å². The maximum atomic E-state index is 12.2. The molecular weight excluding hydrogens is 334 g/mol. The Morgan fingerprint density at radius 1 is 1.48 bits per heavy atom. The molecule has 0 bridgehead atoms. The lowest BCUT2D eigenvalue weighted by Gasteiger charge is -2.29. The van der Waals surface area contributed by atoms with Crippen LogP contribution in [-0.4, -0.2) is 43.6 Å². The van der Waals surface area contributed by atoms with Crippen LogP contribution in [0.15, 0.2) is 16.6 Å². The van der Waals surface area contributed by atoms with Gasteiger partial charge in [-0.2, -0.15) is 0 Å². The van der Waals surface area contributed by atoms with E-state index in [-0.39, 0.29) is 11.9 Å². The standard InChI is InChI=1S/C15H22BrN3O2/c1-10-7-11(16)8-13(21-2)15(10)18-14(20)9-19-5-3-12(17)4-6-19/h7-8,12H,3-6,9,17H2,1-2H3,(H,18,20). The molecule has 5 nitrogen and oxygen atoms in total. The maximum absolute atomic E-state index is 12.2. The summed E-state index contributed by atoms with van der Waals surface area (Å²) in [5.74, 6) is 0.644. The zero-order chi connectivity index (χ0) is 15.4. The molecule has 1 heterocycles. The van der Waals surface area contributed by atoms with Crippen LogP contribution in [0.5, 0.6) is 5.75 Å². The highest BCUT2D eigenvalue weighted by molar-refractivity contribution is 9.10. The van der Waals surface area contributed by atoms with Gasteiger partial charge < -0.3 is 15.8 Å². The van der Waals surface area contributed by atoms with E-state index in [1.807, 2.05) is 19.1 Å². The van der Waals surface area contributed by atoms with Crippen molar-refractivity contribution in [1.29, 1.82) is 0 Å². The average molecular weight is 356 g/mol. The fourth-order valence-electron chi connectivity index (χ4n) is 2.53. The molecular formula is C15H22BrN3O2. The predicted octanol–water partition coefficient (Wildman–Crippen LogP) is 2.13. The van der Waals surface area contributed by atoms with Gasteiger partial charge >= 0.3 is 0 Å². The van der Waals surface area contributed by atoms with E-state index in [2.05, 4.69) is 26.1 Å². The number of rotatable bonds is 4. The van der Waals surface area contributed by atoms with Crippen LogP contribution >= 0.6 is 15.9 Å². The number of nitrogens with one attached hydrogen (secondary N) is 1. The molecule has 21 heavy (non-hydrogen) atoms. The molecule has 1 aliphatic rings. The minimum Gasteiger partial charge on any atom is -0.495 e. The lowest BCUT2D eigenvalue weighted by molar-refractivity contribution is -0.117. The first-order chi connectivity index (χ1) is 9.99. The maximum Gasteiger partial charge on any atom is 0.238 e. The van der Waals surface area contributed by atoms with Crippen LogP contribution in [0.4, 0.5) is 5.69 Å². The Kier molecular flexibility index (Phi) is 5.61. The van der Waals surface area contributed by atoms with E-state index in [1.54, 1.807) is 7.11 Å². The number of nitrogens with two attached hydrogens (primary N) is 1. The van der Waals surface area contributed by atoms with E-state index in [9.17, 15) is 4.79 Å². The molecule has 0 saturated carbocycles. The summed E-state index contributed by atoms with van der Waals surface area (Å²) < 4.78 is 6.27. The molecule has 0 spiro atoms. The number of ether oxygens (including phenoxy) is 1. The monoisotopic (exact) mass is 355 g/mol. The number of hydrogen-bond donors (Lipinski definition) is 2. The third kappa shape index (κ3) is 4.43. The van der Waals surface area contributed by atoms with Gasteiger partial charge in [-0.25, -0.2) is 0 Å². The molecule has 1 saturated heterocycles. The number of aryl methyl sites for hydroxylation is 1. The molecule has 1 amide bonds. The van der Waals surface area contributed by atoms with E-state index in [1.165, 1.54) is 0 Å². The summed E-state index contributed by atoms with van der Waals surface area (Å²) >= 11 is 3.43.